The minimum Gasteiger partial charge on any atom is -0.383 e. The number of H-pyrrole nitrogens is 1. The Hall–Kier alpha value is -2.97. The van der Waals surface area contributed by atoms with Gasteiger partial charge in [0.15, 0.2) is 11.2 Å². The minimum absolute atomic E-state index is 0.142. The monoisotopic (exact) mass is 259 g/mol. The summed E-state index contributed by atoms with van der Waals surface area (Å²) in [6.07, 6.45) is 4.08. The van der Waals surface area contributed by atoms with Gasteiger partial charge < -0.3 is 10.7 Å². The second-order valence-electron chi connectivity index (χ2n) is 3.93. The standard InChI is InChI=1S/C10H9N7O2/c1-5-2-16(10(19)15-7(5)11)17-4-14-6-8(17)12-3-13-9(6)18/h2-4H,1H3,(H2,11,15,19)(H,12,13,18). The molecule has 19 heavy (non-hydrogen) atoms. The van der Waals surface area contributed by atoms with Crippen LogP contribution in [0.5, 0.6) is 0 Å². The van der Waals surface area contributed by atoms with E-state index >= 15 is 0 Å². The van der Waals surface area contributed by atoms with Gasteiger partial charge in [0.1, 0.15) is 12.1 Å². The van der Waals surface area contributed by atoms with Crippen LogP contribution in [-0.2, 0) is 0 Å². The molecule has 0 saturated heterocycles. The fraction of sp³-hybridized carbons (Fsp3) is 0.100. The molecule has 3 rings (SSSR count). The molecule has 0 saturated carbocycles. The summed E-state index contributed by atoms with van der Waals surface area (Å²) in [5.41, 5.74) is 5.64. The van der Waals surface area contributed by atoms with Crippen molar-refractivity contribution in [2.24, 2.45) is 0 Å². The predicted octanol–water partition coefficient (Wildman–Crippen LogP) is -1.12. The Bertz CT molecular complexity index is 889. The van der Waals surface area contributed by atoms with Crippen LogP contribution in [0.3, 0.4) is 0 Å². The van der Waals surface area contributed by atoms with Gasteiger partial charge in [-0.2, -0.15) is 4.98 Å². The van der Waals surface area contributed by atoms with E-state index in [0.29, 0.717) is 5.56 Å². The number of hydrogen-bond donors (Lipinski definition) is 2. The number of anilines is 1. The van der Waals surface area contributed by atoms with Gasteiger partial charge in [0, 0.05) is 11.8 Å². The Balaban J connectivity index is 2.37. The maximum Gasteiger partial charge on any atom is 0.368 e. The Morgan fingerprint density at radius 1 is 1.26 bits per heavy atom. The van der Waals surface area contributed by atoms with E-state index in [0.717, 1.165) is 0 Å². The average Bonchev–Trinajstić information content (AvgIpc) is 2.79. The van der Waals surface area contributed by atoms with E-state index < -0.39 is 5.69 Å². The number of nitrogen functional groups attached to an aromatic ring is 1. The van der Waals surface area contributed by atoms with Crippen molar-refractivity contribution in [1.82, 2.24) is 29.3 Å². The Morgan fingerprint density at radius 2 is 2.05 bits per heavy atom. The van der Waals surface area contributed by atoms with Gasteiger partial charge >= 0.3 is 5.69 Å². The van der Waals surface area contributed by atoms with Crippen LogP contribution in [0.2, 0.25) is 0 Å². The van der Waals surface area contributed by atoms with Crippen LogP contribution < -0.4 is 17.0 Å². The number of nitrogens with zero attached hydrogens (tertiary/aromatic N) is 5. The number of fused-ring (bicyclic) bond motifs is 1. The highest BCUT2D eigenvalue weighted by Gasteiger charge is 2.11. The number of aromatic amines is 1. The van der Waals surface area contributed by atoms with E-state index in [2.05, 4.69) is 19.9 Å². The van der Waals surface area contributed by atoms with Crippen LogP contribution in [-0.4, -0.2) is 29.3 Å². The fourth-order valence-corrected chi connectivity index (χ4v) is 1.69. The van der Waals surface area contributed by atoms with Crippen LogP contribution in [0.25, 0.3) is 11.2 Å². The van der Waals surface area contributed by atoms with Crippen molar-refractivity contribution in [3.8, 4) is 0 Å². The summed E-state index contributed by atoms with van der Waals surface area (Å²) in [6.45, 7) is 1.72. The molecule has 3 heterocycles. The molecule has 0 atom stereocenters. The van der Waals surface area contributed by atoms with Crippen molar-refractivity contribution in [3.63, 3.8) is 0 Å². The summed E-state index contributed by atoms with van der Waals surface area (Å²) in [4.78, 5) is 37.4. The maximum absolute atomic E-state index is 11.8. The van der Waals surface area contributed by atoms with Gasteiger partial charge in [0.25, 0.3) is 5.56 Å². The normalized spacial score (nSPS) is 11.0. The highest BCUT2D eigenvalue weighted by atomic mass is 16.2. The Kier molecular flexibility index (Phi) is 2.21. The molecule has 0 aromatic carbocycles. The molecule has 0 radical (unpaired) electrons. The summed E-state index contributed by atoms with van der Waals surface area (Å²) < 4.78 is 2.53. The van der Waals surface area contributed by atoms with E-state index in [1.807, 2.05) is 0 Å². The van der Waals surface area contributed by atoms with Gasteiger partial charge in [-0.15, -0.1) is 0 Å². The van der Waals surface area contributed by atoms with Crippen LogP contribution >= 0.6 is 0 Å². The summed E-state index contributed by atoms with van der Waals surface area (Å²) in [5.74, 6) is 0.163. The third kappa shape index (κ3) is 1.59. The number of aromatic nitrogens is 6. The number of nitrogens with one attached hydrogen (secondary N) is 1. The second-order valence-corrected chi connectivity index (χ2v) is 3.93. The molecular formula is C10H9N7O2. The van der Waals surface area contributed by atoms with Crippen LogP contribution in [0.4, 0.5) is 5.82 Å². The zero-order chi connectivity index (χ0) is 13.6. The molecule has 3 N–H and O–H groups in total. The highest BCUT2D eigenvalue weighted by Crippen LogP contribution is 2.06. The van der Waals surface area contributed by atoms with Crippen molar-refractivity contribution < 1.29 is 0 Å². The third-order valence-corrected chi connectivity index (χ3v) is 2.69. The molecule has 3 aromatic rings. The highest BCUT2D eigenvalue weighted by molar-refractivity contribution is 5.68. The molecule has 9 nitrogen and oxygen atoms in total. The quantitative estimate of drug-likeness (QED) is 0.570. The fourth-order valence-electron chi connectivity index (χ4n) is 1.69. The first-order chi connectivity index (χ1) is 9.08. The van der Waals surface area contributed by atoms with E-state index in [-0.39, 0.29) is 22.5 Å². The molecule has 0 fully saturated rings. The number of nitrogens with two attached hydrogens (primary N) is 1. The molecular weight excluding hydrogens is 250 g/mol. The van der Waals surface area contributed by atoms with E-state index in [1.54, 1.807) is 6.92 Å². The van der Waals surface area contributed by atoms with E-state index in [4.69, 9.17) is 5.73 Å². The summed E-state index contributed by atoms with van der Waals surface area (Å²) in [5, 5.41) is 0. The molecule has 96 valence electrons. The number of hydrogen-bond acceptors (Lipinski definition) is 6. The SMILES string of the molecule is Cc1cn(-n2cnc3c(=O)[nH]cnc32)c(=O)nc1N. The predicted molar refractivity (Wildman–Crippen MR) is 66.6 cm³/mol. The van der Waals surface area contributed by atoms with Gasteiger partial charge in [-0.05, 0) is 6.92 Å². The van der Waals surface area contributed by atoms with Crippen molar-refractivity contribution in [2.75, 3.05) is 5.73 Å². The molecule has 0 bridgehead atoms. The van der Waals surface area contributed by atoms with Crippen molar-refractivity contribution in [2.45, 2.75) is 6.92 Å². The molecule has 0 unspecified atom stereocenters. The van der Waals surface area contributed by atoms with Gasteiger partial charge in [0.05, 0.1) is 6.33 Å². The first kappa shape index (κ1) is 11.1. The van der Waals surface area contributed by atoms with Gasteiger partial charge in [-0.25, -0.2) is 24.1 Å². The first-order valence-electron chi connectivity index (χ1n) is 5.35. The average molecular weight is 259 g/mol. The zero-order valence-corrected chi connectivity index (χ0v) is 9.86. The third-order valence-electron chi connectivity index (χ3n) is 2.69. The second kappa shape index (κ2) is 3.77. The Labute approximate surface area is 105 Å². The number of aryl methyl sites for hydroxylation is 1. The van der Waals surface area contributed by atoms with Crippen molar-refractivity contribution >= 4 is 17.0 Å². The summed E-state index contributed by atoms with van der Waals surface area (Å²) in [6, 6.07) is 0. The largest absolute Gasteiger partial charge is 0.383 e. The molecule has 0 aliphatic heterocycles. The lowest BCUT2D eigenvalue weighted by Crippen LogP contribution is -2.29. The van der Waals surface area contributed by atoms with Crippen LogP contribution in [0, 0.1) is 6.92 Å². The summed E-state index contributed by atoms with van der Waals surface area (Å²) in [7, 11) is 0. The van der Waals surface area contributed by atoms with Crippen molar-refractivity contribution in [1.29, 1.82) is 0 Å². The molecule has 0 amide bonds. The zero-order valence-electron chi connectivity index (χ0n) is 9.86. The van der Waals surface area contributed by atoms with E-state index in [1.165, 1.54) is 28.2 Å². The summed E-state index contributed by atoms with van der Waals surface area (Å²) >= 11 is 0. The van der Waals surface area contributed by atoms with Crippen LogP contribution in [0.15, 0.2) is 28.4 Å². The lowest BCUT2D eigenvalue weighted by molar-refractivity contribution is 0.621. The molecule has 0 aliphatic rings. The van der Waals surface area contributed by atoms with Gasteiger partial charge in [-0.3, -0.25) is 4.79 Å². The Morgan fingerprint density at radius 3 is 2.84 bits per heavy atom. The maximum atomic E-state index is 11.8. The smallest absolute Gasteiger partial charge is 0.368 e. The van der Waals surface area contributed by atoms with Gasteiger partial charge in [0.2, 0.25) is 0 Å². The molecule has 0 aliphatic carbocycles. The topological polar surface area (TPSA) is 124 Å². The first-order valence-corrected chi connectivity index (χ1v) is 5.35. The molecule has 3 aromatic heterocycles. The molecule has 0 spiro atoms. The lowest BCUT2D eigenvalue weighted by Gasteiger charge is -2.07. The van der Waals surface area contributed by atoms with Crippen LogP contribution in [0.1, 0.15) is 5.56 Å². The van der Waals surface area contributed by atoms with Crippen molar-refractivity contribution in [3.05, 3.63) is 45.3 Å². The lowest BCUT2D eigenvalue weighted by atomic mass is 10.4. The number of imidazole rings is 1. The van der Waals surface area contributed by atoms with Gasteiger partial charge in [-0.1, -0.05) is 0 Å². The molecule has 9 heteroatoms. The number of rotatable bonds is 1. The minimum atomic E-state index is -0.579. The van der Waals surface area contributed by atoms with E-state index in [9.17, 15) is 9.59 Å².